The molecule has 0 aliphatic rings. The summed E-state index contributed by atoms with van der Waals surface area (Å²) in [4.78, 5) is 0. The van der Waals surface area contributed by atoms with Gasteiger partial charge >= 0.3 is 51.4 Å². The molecule has 198 valence electrons. The van der Waals surface area contributed by atoms with Gasteiger partial charge in [0.05, 0.1) is 0 Å². The zero-order valence-corrected chi connectivity index (χ0v) is 28.5. The molecule has 0 spiro atoms. The van der Waals surface area contributed by atoms with Crippen LogP contribution in [0.15, 0.2) is 12.2 Å². The van der Waals surface area contributed by atoms with Gasteiger partial charge < -0.3 is 13.3 Å². The van der Waals surface area contributed by atoms with Gasteiger partial charge in [0.15, 0.2) is 0 Å². The molecule has 0 amide bonds. The van der Waals surface area contributed by atoms with E-state index in [9.17, 15) is 0 Å². The molecule has 1 heteroatoms. The first-order valence-corrected chi connectivity index (χ1v) is 14.9. The monoisotopic (exact) mass is 491 g/mol. The Morgan fingerprint density at radius 2 is 0.939 bits per heavy atom. The molecule has 0 aliphatic carbocycles. The average molecular weight is 492 g/mol. The Bertz CT molecular complexity index is 262. The summed E-state index contributed by atoms with van der Waals surface area (Å²) in [6.07, 6.45) is 30.7. The van der Waals surface area contributed by atoms with Crippen molar-refractivity contribution in [2.24, 2.45) is 0 Å². The number of rotatable bonds is 20. The van der Waals surface area contributed by atoms with Gasteiger partial charge in [-0.3, -0.25) is 0 Å². The van der Waals surface area contributed by atoms with Crippen LogP contribution in [-0.2, 0) is 0 Å². The van der Waals surface area contributed by atoms with Crippen LogP contribution in [0.4, 0.5) is 0 Å². The van der Waals surface area contributed by atoms with Gasteiger partial charge in [-0.15, -0.1) is 0 Å². The predicted octanol–water partition coefficient (Wildman–Crippen LogP) is 9.88. The molecule has 0 N–H and O–H groups in total. The predicted molar refractivity (Wildman–Crippen MR) is 155 cm³/mol. The molecule has 0 unspecified atom stereocenters. The van der Waals surface area contributed by atoms with E-state index in [1.807, 2.05) is 13.8 Å². The summed E-state index contributed by atoms with van der Waals surface area (Å²) in [7, 11) is 0. The first-order valence-electron chi connectivity index (χ1n) is 14.9. The van der Waals surface area contributed by atoms with Gasteiger partial charge in [0, 0.05) is 0 Å². The summed E-state index contributed by atoms with van der Waals surface area (Å²) in [5.74, 6) is 0. The summed E-state index contributed by atoms with van der Waals surface area (Å²) in [5, 5.41) is 0. The smallest absolute Gasteiger partial charge is 0.343 e. The van der Waals surface area contributed by atoms with Crippen molar-refractivity contribution in [2.45, 2.75) is 183 Å². The van der Waals surface area contributed by atoms with Crippen LogP contribution in [0.3, 0.4) is 0 Å². The Morgan fingerprint density at radius 1 is 0.576 bits per heavy atom. The molecule has 0 aliphatic heterocycles. The molecule has 0 bridgehead atoms. The number of hydrogen-bond donors (Lipinski definition) is 0. The third kappa shape index (κ3) is 60.1. The molecular weight excluding hydrogens is 423 g/mol. The van der Waals surface area contributed by atoms with E-state index in [1.165, 1.54) is 134 Å². The van der Waals surface area contributed by atoms with Crippen LogP contribution in [0.25, 0.3) is 0 Å². The molecule has 0 fully saturated rings. The maximum Gasteiger partial charge on any atom is 1.00 e. The van der Waals surface area contributed by atoms with Crippen LogP contribution >= 0.6 is 0 Å². The van der Waals surface area contributed by atoms with Gasteiger partial charge in [-0.25, -0.2) is 0 Å². The van der Waals surface area contributed by atoms with E-state index in [-0.39, 0.29) is 51.4 Å². The Hall–Kier alpha value is 1.38. The second-order valence-corrected chi connectivity index (χ2v) is 8.90. The fraction of sp³-hybridized carbons (Fsp3) is 0.875. The number of hydrogen-bond acceptors (Lipinski definition) is 0. The third-order valence-corrected chi connectivity index (χ3v) is 5.47. The first-order chi connectivity index (χ1) is 15.6. The molecule has 0 heterocycles. The minimum Gasteiger partial charge on any atom is -0.343 e. The van der Waals surface area contributed by atoms with Gasteiger partial charge in [0.2, 0.25) is 0 Å². The number of allylic oxidation sites excluding steroid dienone is 1. The van der Waals surface area contributed by atoms with Crippen LogP contribution < -0.4 is 51.4 Å². The summed E-state index contributed by atoms with van der Waals surface area (Å²) in [6, 6.07) is 0. The van der Waals surface area contributed by atoms with Gasteiger partial charge in [0.25, 0.3) is 0 Å². The molecule has 0 aromatic heterocycles. The average Bonchev–Trinajstić information content (AvgIpc) is 2.83. The van der Waals surface area contributed by atoms with E-state index in [1.54, 1.807) is 0 Å². The van der Waals surface area contributed by atoms with Crippen molar-refractivity contribution in [3.63, 3.8) is 0 Å². The van der Waals surface area contributed by atoms with Crippen molar-refractivity contribution in [1.29, 1.82) is 0 Å². The molecule has 0 radical (unpaired) electrons. The normalized spacial score (nSPS) is 9.33. The molecule has 0 rings (SSSR count). The first kappa shape index (κ1) is 44.4. The zero-order valence-electron chi connectivity index (χ0n) is 25.3. The van der Waals surface area contributed by atoms with Crippen molar-refractivity contribution < 1.29 is 51.4 Å². The molecular formula is C32H68K-. The second-order valence-electron chi connectivity index (χ2n) is 8.90. The third-order valence-electron chi connectivity index (χ3n) is 5.47. The van der Waals surface area contributed by atoms with Crippen molar-refractivity contribution in [3.05, 3.63) is 25.5 Å². The van der Waals surface area contributed by atoms with E-state index in [0.29, 0.717) is 0 Å². The van der Waals surface area contributed by atoms with Crippen molar-refractivity contribution in [1.82, 2.24) is 0 Å². The van der Waals surface area contributed by atoms with E-state index in [2.05, 4.69) is 54.5 Å². The molecule has 0 aromatic rings. The summed E-state index contributed by atoms with van der Waals surface area (Å²) >= 11 is 0. The fourth-order valence-electron chi connectivity index (χ4n) is 3.25. The van der Waals surface area contributed by atoms with Crippen molar-refractivity contribution in [2.75, 3.05) is 0 Å². The van der Waals surface area contributed by atoms with Gasteiger partial charge in [-0.1, -0.05) is 150 Å². The van der Waals surface area contributed by atoms with Gasteiger partial charge in [-0.05, 0) is 25.7 Å². The molecule has 0 aromatic carbocycles. The minimum atomic E-state index is 0. The maximum absolute atomic E-state index is 4.15. The van der Waals surface area contributed by atoms with Crippen molar-refractivity contribution in [3.8, 4) is 0 Å². The summed E-state index contributed by atoms with van der Waals surface area (Å²) < 4.78 is 0. The molecule has 33 heavy (non-hydrogen) atoms. The largest absolute Gasteiger partial charge is 1.00 e. The minimum absolute atomic E-state index is 0. The Morgan fingerprint density at radius 3 is 1.30 bits per heavy atom. The van der Waals surface area contributed by atoms with Crippen LogP contribution in [0.2, 0.25) is 0 Å². The Labute approximate surface area is 257 Å². The second kappa shape index (κ2) is 50.3. The summed E-state index contributed by atoms with van der Waals surface area (Å²) in [6.45, 7) is 23.0. The van der Waals surface area contributed by atoms with Gasteiger partial charge in [-0.2, -0.15) is 19.8 Å². The SMILES string of the molecule is C=C(CCCC)CCCCCCCCCC.CC.C[CH-]CCCC.[CH2-]CCCCCCC.[K+]. The Kier molecular flexibility index (Phi) is 67.6. The fourth-order valence-corrected chi connectivity index (χ4v) is 3.25. The number of unbranched alkanes of at least 4 members (excludes halogenated alkanes) is 16. The van der Waals surface area contributed by atoms with E-state index in [0.717, 1.165) is 6.42 Å². The summed E-state index contributed by atoms with van der Waals surface area (Å²) in [5.41, 5.74) is 1.48. The van der Waals surface area contributed by atoms with E-state index >= 15 is 0 Å². The zero-order chi connectivity index (χ0) is 25.1. The standard InChI is InChI=1S/C16H32.C8H17.C6H13.C2H6.K/c1-4-6-8-9-10-11-12-13-15-16(3)14-7-5-2;1-3-5-7-8-6-4-2;1-3-5-6-4-2;1-2;/h3-15H2,1-2H3;1,3-8H2,2H3;3H,4-6H2,1-2H3;1-2H3;/q;2*-1;;+1. The van der Waals surface area contributed by atoms with Crippen LogP contribution in [0.1, 0.15) is 183 Å². The van der Waals surface area contributed by atoms with Crippen molar-refractivity contribution >= 4 is 0 Å². The van der Waals surface area contributed by atoms with Crippen LogP contribution in [-0.4, -0.2) is 0 Å². The van der Waals surface area contributed by atoms with E-state index in [4.69, 9.17) is 0 Å². The van der Waals surface area contributed by atoms with Gasteiger partial charge in [0.1, 0.15) is 0 Å². The molecule has 0 saturated heterocycles. The molecule has 0 atom stereocenters. The molecule has 0 saturated carbocycles. The Balaban J connectivity index is -0.000000129. The quantitative estimate of drug-likeness (QED) is 0.0687. The topological polar surface area (TPSA) is 0 Å². The van der Waals surface area contributed by atoms with Crippen LogP contribution in [0.5, 0.6) is 0 Å². The maximum atomic E-state index is 4.15. The van der Waals surface area contributed by atoms with E-state index < -0.39 is 0 Å². The van der Waals surface area contributed by atoms with Crippen LogP contribution in [0, 0.1) is 13.3 Å². The molecule has 0 nitrogen and oxygen atoms in total.